The molecule has 1 heterocycles. The molecule has 0 amide bonds. The van der Waals surface area contributed by atoms with Gasteiger partial charge in [-0.25, -0.2) is 4.58 Å². The maximum atomic E-state index is 3.96. The molecule has 48 valence electrons. The Morgan fingerprint density at radius 3 is 2.67 bits per heavy atom. The van der Waals surface area contributed by atoms with Crippen molar-refractivity contribution < 1.29 is 4.58 Å². The number of rotatable bonds is 0. The Labute approximate surface area is 55.2 Å². The minimum Gasteiger partial charge on any atom is -0.268 e. The second-order valence-electron chi connectivity index (χ2n) is 2.24. The van der Waals surface area contributed by atoms with E-state index in [1.807, 2.05) is 32.6 Å². The third-order valence-electron chi connectivity index (χ3n) is 1.33. The first-order valence-corrected chi connectivity index (χ1v) is 3.02. The number of hydrogen-bond acceptors (Lipinski definition) is 1. The predicted molar refractivity (Wildman–Crippen MR) is 39.4 cm³/mol. The van der Waals surface area contributed by atoms with E-state index in [9.17, 15) is 0 Å². The topological polar surface area (TPSA) is 15.4 Å². The van der Waals surface area contributed by atoms with Gasteiger partial charge in [0, 0.05) is 18.5 Å². The molecule has 0 unspecified atom stereocenters. The molecule has 0 atom stereocenters. The van der Waals surface area contributed by atoms with Gasteiger partial charge in [0.05, 0.1) is 6.42 Å². The summed E-state index contributed by atoms with van der Waals surface area (Å²) in [7, 11) is 4.08. The molecule has 0 fully saturated rings. The summed E-state index contributed by atoms with van der Waals surface area (Å²) in [6, 6.07) is 0. The highest BCUT2D eigenvalue weighted by molar-refractivity contribution is 6.01. The molecule has 0 aromatic carbocycles. The zero-order valence-electron chi connectivity index (χ0n) is 5.83. The summed E-state index contributed by atoms with van der Waals surface area (Å²) in [6.45, 7) is 0. The van der Waals surface area contributed by atoms with E-state index in [0.29, 0.717) is 0 Å². The minimum absolute atomic E-state index is 0.962. The molecule has 0 saturated carbocycles. The Balaban J connectivity index is 2.78. The molecule has 0 N–H and O–H groups in total. The van der Waals surface area contributed by atoms with Crippen molar-refractivity contribution in [2.75, 3.05) is 14.1 Å². The molecule has 0 aromatic heterocycles. The molecule has 9 heavy (non-hydrogen) atoms. The SMILES string of the molecule is C[N+](C)=C1C=CN=CC1. The van der Waals surface area contributed by atoms with E-state index in [0.717, 1.165) is 6.42 Å². The molecule has 0 saturated heterocycles. The van der Waals surface area contributed by atoms with Crippen LogP contribution >= 0.6 is 0 Å². The summed E-state index contributed by atoms with van der Waals surface area (Å²) >= 11 is 0. The van der Waals surface area contributed by atoms with Crippen LogP contribution in [0.3, 0.4) is 0 Å². The summed E-state index contributed by atoms with van der Waals surface area (Å²) in [6.07, 6.45) is 6.72. The summed E-state index contributed by atoms with van der Waals surface area (Å²) in [5, 5.41) is 0. The largest absolute Gasteiger partial charge is 0.268 e. The number of nitrogens with zero attached hydrogens (tertiary/aromatic N) is 2. The summed E-state index contributed by atoms with van der Waals surface area (Å²) in [4.78, 5) is 3.96. The molecule has 0 radical (unpaired) electrons. The zero-order chi connectivity index (χ0) is 6.69. The zero-order valence-corrected chi connectivity index (χ0v) is 5.83. The van der Waals surface area contributed by atoms with Gasteiger partial charge in [-0.05, 0) is 0 Å². The second kappa shape index (κ2) is 2.58. The fourth-order valence-electron chi connectivity index (χ4n) is 0.736. The fraction of sp³-hybridized carbons (Fsp3) is 0.429. The van der Waals surface area contributed by atoms with Crippen molar-refractivity contribution in [3.8, 4) is 0 Å². The van der Waals surface area contributed by atoms with Gasteiger partial charge >= 0.3 is 0 Å². The van der Waals surface area contributed by atoms with Gasteiger partial charge in [0.15, 0.2) is 5.71 Å². The normalized spacial score (nSPS) is 16.4. The number of hydrogen-bond donors (Lipinski definition) is 0. The van der Waals surface area contributed by atoms with E-state index in [-0.39, 0.29) is 0 Å². The van der Waals surface area contributed by atoms with Crippen LogP contribution in [0, 0.1) is 0 Å². The van der Waals surface area contributed by atoms with Crippen molar-refractivity contribution in [3.63, 3.8) is 0 Å². The van der Waals surface area contributed by atoms with Gasteiger partial charge in [0.25, 0.3) is 0 Å². The van der Waals surface area contributed by atoms with Gasteiger partial charge in [-0.2, -0.15) is 0 Å². The van der Waals surface area contributed by atoms with Crippen molar-refractivity contribution in [1.29, 1.82) is 0 Å². The Kier molecular flexibility index (Phi) is 1.78. The fourth-order valence-corrected chi connectivity index (χ4v) is 0.736. The van der Waals surface area contributed by atoms with E-state index in [1.54, 1.807) is 0 Å². The van der Waals surface area contributed by atoms with Crippen LogP contribution < -0.4 is 0 Å². The van der Waals surface area contributed by atoms with Crippen molar-refractivity contribution in [2.45, 2.75) is 6.42 Å². The van der Waals surface area contributed by atoms with Crippen LogP contribution in [-0.2, 0) is 0 Å². The minimum atomic E-state index is 0.962. The second-order valence-corrected chi connectivity index (χ2v) is 2.24. The molecule has 1 aliphatic heterocycles. The lowest BCUT2D eigenvalue weighted by atomic mass is 10.2. The number of aliphatic imine (C=N–C) groups is 1. The smallest absolute Gasteiger partial charge is 0.182 e. The van der Waals surface area contributed by atoms with E-state index < -0.39 is 0 Å². The van der Waals surface area contributed by atoms with Crippen LogP contribution in [0.4, 0.5) is 0 Å². The van der Waals surface area contributed by atoms with Crippen LogP contribution in [0.15, 0.2) is 17.3 Å². The van der Waals surface area contributed by atoms with Crippen molar-refractivity contribution in [3.05, 3.63) is 12.3 Å². The van der Waals surface area contributed by atoms with Gasteiger partial charge in [0.2, 0.25) is 0 Å². The lowest BCUT2D eigenvalue weighted by Crippen LogP contribution is -2.12. The molecule has 2 heteroatoms. The van der Waals surface area contributed by atoms with Crippen molar-refractivity contribution >= 4 is 11.9 Å². The summed E-state index contributed by atoms with van der Waals surface area (Å²) in [5.74, 6) is 0. The Bertz CT molecular complexity index is 183. The van der Waals surface area contributed by atoms with E-state index in [1.165, 1.54) is 5.71 Å². The highest BCUT2D eigenvalue weighted by Crippen LogP contribution is 1.92. The van der Waals surface area contributed by atoms with Crippen molar-refractivity contribution in [2.24, 2.45) is 4.99 Å². The Morgan fingerprint density at radius 1 is 1.56 bits per heavy atom. The Hall–Kier alpha value is -0.920. The summed E-state index contributed by atoms with van der Waals surface area (Å²) in [5.41, 5.74) is 1.31. The molecular formula is C7H11N2+. The molecule has 0 aromatic rings. The highest BCUT2D eigenvalue weighted by atomic mass is 14.9. The third kappa shape index (κ3) is 1.49. The quantitative estimate of drug-likeness (QED) is 0.421. The van der Waals surface area contributed by atoms with Crippen LogP contribution in [0.1, 0.15) is 6.42 Å². The van der Waals surface area contributed by atoms with Crippen LogP contribution in [0.2, 0.25) is 0 Å². The van der Waals surface area contributed by atoms with Crippen LogP contribution in [-0.4, -0.2) is 30.6 Å². The standard InChI is InChI=1S/C7H11N2/c1-9(2)7-3-5-8-6-4-7/h3,5-6H,4H2,1-2H3/q+1. The molecule has 2 nitrogen and oxygen atoms in total. The van der Waals surface area contributed by atoms with E-state index in [4.69, 9.17) is 0 Å². The molecular weight excluding hydrogens is 112 g/mol. The molecule has 0 spiro atoms. The molecule has 0 aliphatic carbocycles. The van der Waals surface area contributed by atoms with Crippen LogP contribution in [0.25, 0.3) is 0 Å². The van der Waals surface area contributed by atoms with Crippen LogP contribution in [0.5, 0.6) is 0 Å². The monoisotopic (exact) mass is 123 g/mol. The van der Waals surface area contributed by atoms with E-state index in [2.05, 4.69) is 9.57 Å². The van der Waals surface area contributed by atoms with Gasteiger partial charge in [0.1, 0.15) is 14.1 Å². The third-order valence-corrected chi connectivity index (χ3v) is 1.33. The maximum absolute atomic E-state index is 3.96. The predicted octanol–water partition coefficient (Wildman–Crippen LogP) is 0.688. The first-order valence-electron chi connectivity index (χ1n) is 3.02. The molecule has 1 rings (SSSR count). The lowest BCUT2D eigenvalue weighted by Gasteiger charge is -1.96. The lowest BCUT2D eigenvalue weighted by molar-refractivity contribution is -0.464. The van der Waals surface area contributed by atoms with Gasteiger partial charge in [-0.15, -0.1) is 0 Å². The number of allylic oxidation sites excluding steroid dienone is 1. The van der Waals surface area contributed by atoms with Gasteiger partial charge < -0.3 is 0 Å². The summed E-state index contributed by atoms with van der Waals surface area (Å²) < 4.78 is 2.10. The van der Waals surface area contributed by atoms with E-state index >= 15 is 0 Å². The van der Waals surface area contributed by atoms with Crippen molar-refractivity contribution in [1.82, 2.24) is 0 Å². The molecule has 0 bridgehead atoms. The first kappa shape index (κ1) is 6.20. The van der Waals surface area contributed by atoms with Gasteiger partial charge in [-0.3, -0.25) is 4.99 Å². The maximum Gasteiger partial charge on any atom is 0.182 e. The average Bonchev–Trinajstić information content (AvgIpc) is 1.90. The Morgan fingerprint density at radius 2 is 2.33 bits per heavy atom. The first-order chi connectivity index (χ1) is 4.30. The van der Waals surface area contributed by atoms with Gasteiger partial charge in [-0.1, -0.05) is 0 Å². The average molecular weight is 123 g/mol. The molecule has 1 aliphatic rings. The highest BCUT2D eigenvalue weighted by Gasteiger charge is 2.02.